The molecule has 5 nitrogen and oxygen atoms in total. The number of halogens is 1. The maximum Gasteiger partial charge on any atom is 0.255 e. The number of ether oxygens (including phenoxy) is 1. The Morgan fingerprint density at radius 1 is 1.24 bits per heavy atom. The molecule has 0 unspecified atom stereocenters. The van der Waals surface area contributed by atoms with Gasteiger partial charge in [-0.25, -0.2) is 4.39 Å². The number of hydrogen-bond donors (Lipinski definition) is 1. The Morgan fingerprint density at radius 2 is 2.04 bits per heavy atom. The molecule has 1 N–H and O–H groups in total. The van der Waals surface area contributed by atoms with E-state index in [1.54, 1.807) is 17.0 Å². The SMILES string of the molecule is COc1ccc(C(=O)Nc2ccc(N3CCCC3=O)c(C)c2)cc1F. The molecule has 2 aromatic carbocycles. The average Bonchev–Trinajstić information content (AvgIpc) is 3.00. The molecule has 1 fully saturated rings. The van der Waals surface area contributed by atoms with Gasteiger partial charge in [0.1, 0.15) is 0 Å². The molecule has 2 amide bonds. The summed E-state index contributed by atoms with van der Waals surface area (Å²) in [5, 5.41) is 2.74. The average molecular weight is 342 g/mol. The van der Waals surface area contributed by atoms with Gasteiger partial charge in [-0.1, -0.05) is 0 Å². The molecule has 25 heavy (non-hydrogen) atoms. The van der Waals surface area contributed by atoms with E-state index in [1.165, 1.54) is 19.2 Å². The van der Waals surface area contributed by atoms with Crippen LogP contribution in [0.1, 0.15) is 28.8 Å². The first-order valence-electron chi connectivity index (χ1n) is 8.05. The number of methoxy groups -OCH3 is 1. The molecule has 0 saturated carbocycles. The Morgan fingerprint density at radius 3 is 2.64 bits per heavy atom. The van der Waals surface area contributed by atoms with Gasteiger partial charge in [-0.3, -0.25) is 9.59 Å². The number of nitrogens with zero attached hydrogens (tertiary/aromatic N) is 1. The van der Waals surface area contributed by atoms with E-state index in [1.807, 2.05) is 13.0 Å². The van der Waals surface area contributed by atoms with Gasteiger partial charge < -0.3 is 15.0 Å². The zero-order chi connectivity index (χ0) is 18.0. The van der Waals surface area contributed by atoms with Gasteiger partial charge in [-0.05, 0) is 55.3 Å². The summed E-state index contributed by atoms with van der Waals surface area (Å²) in [5.41, 5.74) is 2.55. The predicted octanol–water partition coefficient (Wildman–Crippen LogP) is 3.52. The lowest BCUT2D eigenvalue weighted by molar-refractivity contribution is -0.117. The Labute approximate surface area is 145 Å². The molecule has 3 rings (SSSR count). The molecule has 0 radical (unpaired) electrons. The molecular weight excluding hydrogens is 323 g/mol. The molecule has 0 atom stereocenters. The van der Waals surface area contributed by atoms with Gasteiger partial charge in [0, 0.05) is 29.9 Å². The number of hydrogen-bond acceptors (Lipinski definition) is 3. The topological polar surface area (TPSA) is 58.6 Å². The van der Waals surface area contributed by atoms with Crippen molar-refractivity contribution in [2.45, 2.75) is 19.8 Å². The van der Waals surface area contributed by atoms with Crippen molar-refractivity contribution in [3.8, 4) is 5.75 Å². The zero-order valence-corrected chi connectivity index (χ0v) is 14.1. The fourth-order valence-electron chi connectivity index (χ4n) is 2.95. The molecule has 0 spiro atoms. The van der Waals surface area contributed by atoms with Crippen molar-refractivity contribution in [2.24, 2.45) is 0 Å². The van der Waals surface area contributed by atoms with Crippen LogP contribution in [-0.2, 0) is 4.79 Å². The van der Waals surface area contributed by atoms with Crippen LogP contribution in [0.25, 0.3) is 0 Å². The summed E-state index contributed by atoms with van der Waals surface area (Å²) in [5.74, 6) is -0.791. The number of carbonyl (C=O) groups excluding carboxylic acids is 2. The molecule has 1 aliphatic rings. The molecule has 2 aromatic rings. The van der Waals surface area contributed by atoms with Crippen LogP contribution in [0.5, 0.6) is 5.75 Å². The predicted molar refractivity (Wildman–Crippen MR) is 93.7 cm³/mol. The van der Waals surface area contributed by atoms with Crippen molar-refractivity contribution in [3.05, 3.63) is 53.3 Å². The first-order chi connectivity index (χ1) is 12.0. The Balaban J connectivity index is 1.76. The first kappa shape index (κ1) is 17.0. The maximum atomic E-state index is 13.7. The highest BCUT2D eigenvalue weighted by Crippen LogP contribution is 2.27. The number of amides is 2. The number of aryl methyl sites for hydroxylation is 1. The van der Waals surface area contributed by atoms with Gasteiger partial charge >= 0.3 is 0 Å². The standard InChI is InChI=1S/C19H19FN2O3/c1-12-10-14(6-7-16(12)22-9-3-4-18(22)23)21-19(24)13-5-8-17(25-2)15(20)11-13/h5-8,10-11H,3-4,9H2,1-2H3,(H,21,24). The third-order valence-corrected chi connectivity index (χ3v) is 4.23. The molecule has 1 saturated heterocycles. The number of carbonyl (C=O) groups is 2. The van der Waals surface area contributed by atoms with E-state index in [4.69, 9.17) is 4.74 Å². The van der Waals surface area contributed by atoms with Crippen LogP contribution in [0.4, 0.5) is 15.8 Å². The summed E-state index contributed by atoms with van der Waals surface area (Å²) >= 11 is 0. The lowest BCUT2D eigenvalue weighted by Crippen LogP contribution is -2.24. The van der Waals surface area contributed by atoms with E-state index < -0.39 is 11.7 Å². The van der Waals surface area contributed by atoms with Crippen LogP contribution in [0.15, 0.2) is 36.4 Å². The quantitative estimate of drug-likeness (QED) is 0.925. The lowest BCUT2D eigenvalue weighted by Gasteiger charge is -2.19. The monoisotopic (exact) mass is 342 g/mol. The van der Waals surface area contributed by atoms with Gasteiger partial charge in [-0.15, -0.1) is 0 Å². The minimum atomic E-state index is -0.589. The van der Waals surface area contributed by atoms with Crippen molar-refractivity contribution >= 4 is 23.2 Å². The normalized spacial score (nSPS) is 13.9. The van der Waals surface area contributed by atoms with Crippen LogP contribution < -0.4 is 15.0 Å². The van der Waals surface area contributed by atoms with Crippen molar-refractivity contribution in [3.63, 3.8) is 0 Å². The molecule has 6 heteroatoms. The zero-order valence-electron chi connectivity index (χ0n) is 14.1. The lowest BCUT2D eigenvalue weighted by atomic mass is 10.1. The second-order valence-electron chi connectivity index (χ2n) is 5.95. The molecule has 0 aliphatic carbocycles. The van der Waals surface area contributed by atoms with Gasteiger partial charge in [0.2, 0.25) is 5.91 Å². The van der Waals surface area contributed by atoms with Crippen molar-refractivity contribution in [2.75, 3.05) is 23.9 Å². The third kappa shape index (κ3) is 3.47. The highest BCUT2D eigenvalue weighted by Gasteiger charge is 2.23. The number of nitrogens with one attached hydrogen (secondary N) is 1. The van der Waals surface area contributed by atoms with Gasteiger partial charge in [-0.2, -0.15) is 0 Å². The van der Waals surface area contributed by atoms with Gasteiger partial charge in [0.05, 0.1) is 7.11 Å². The third-order valence-electron chi connectivity index (χ3n) is 4.23. The minimum absolute atomic E-state index is 0.0898. The smallest absolute Gasteiger partial charge is 0.255 e. The second-order valence-corrected chi connectivity index (χ2v) is 5.95. The van der Waals surface area contributed by atoms with Crippen molar-refractivity contribution < 1.29 is 18.7 Å². The van der Waals surface area contributed by atoms with E-state index in [-0.39, 0.29) is 17.2 Å². The number of rotatable bonds is 4. The fraction of sp³-hybridized carbons (Fsp3) is 0.263. The van der Waals surface area contributed by atoms with E-state index in [2.05, 4.69) is 5.32 Å². The number of benzene rings is 2. The summed E-state index contributed by atoms with van der Waals surface area (Å²) in [6.45, 7) is 2.61. The molecule has 0 aromatic heterocycles. The molecule has 1 heterocycles. The van der Waals surface area contributed by atoms with Crippen molar-refractivity contribution in [1.29, 1.82) is 0 Å². The van der Waals surface area contributed by atoms with E-state index in [0.717, 1.165) is 30.3 Å². The maximum absolute atomic E-state index is 13.7. The minimum Gasteiger partial charge on any atom is -0.494 e. The van der Waals surface area contributed by atoms with Gasteiger partial charge in [0.25, 0.3) is 5.91 Å². The van der Waals surface area contributed by atoms with Crippen LogP contribution >= 0.6 is 0 Å². The fourth-order valence-corrected chi connectivity index (χ4v) is 2.95. The Kier molecular flexibility index (Phi) is 4.70. The second kappa shape index (κ2) is 6.93. The van der Waals surface area contributed by atoms with Crippen molar-refractivity contribution in [1.82, 2.24) is 0 Å². The Hall–Kier alpha value is -2.89. The summed E-state index contributed by atoms with van der Waals surface area (Å²) in [7, 11) is 1.37. The van der Waals surface area contributed by atoms with Crippen LogP contribution in [0, 0.1) is 12.7 Å². The molecule has 130 valence electrons. The van der Waals surface area contributed by atoms with E-state index >= 15 is 0 Å². The summed E-state index contributed by atoms with van der Waals surface area (Å²) in [6, 6.07) is 9.42. The molecule has 0 bridgehead atoms. The van der Waals surface area contributed by atoms with Crippen LogP contribution in [0.2, 0.25) is 0 Å². The summed E-state index contributed by atoms with van der Waals surface area (Å²) in [4.78, 5) is 25.9. The summed E-state index contributed by atoms with van der Waals surface area (Å²) < 4.78 is 18.6. The van der Waals surface area contributed by atoms with Gasteiger partial charge in [0.15, 0.2) is 11.6 Å². The van der Waals surface area contributed by atoms with Crippen LogP contribution in [-0.4, -0.2) is 25.5 Å². The molecule has 1 aliphatic heterocycles. The van der Waals surface area contributed by atoms with E-state index in [9.17, 15) is 14.0 Å². The highest BCUT2D eigenvalue weighted by molar-refractivity contribution is 6.04. The highest BCUT2D eigenvalue weighted by atomic mass is 19.1. The first-order valence-corrected chi connectivity index (χ1v) is 8.05. The Bertz CT molecular complexity index is 835. The largest absolute Gasteiger partial charge is 0.494 e. The van der Waals surface area contributed by atoms with Crippen LogP contribution in [0.3, 0.4) is 0 Å². The number of anilines is 2. The summed E-state index contributed by atoms with van der Waals surface area (Å²) in [6.07, 6.45) is 1.43. The molecular formula is C19H19FN2O3. The van der Waals surface area contributed by atoms with E-state index in [0.29, 0.717) is 12.1 Å².